The van der Waals surface area contributed by atoms with Crippen LogP contribution in [0.15, 0.2) is 78.9 Å². The van der Waals surface area contributed by atoms with Crippen molar-refractivity contribution in [2.45, 2.75) is 32.9 Å². The number of benzene rings is 3. The van der Waals surface area contributed by atoms with Crippen molar-refractivity contribution >= 4 is 0 Å². The maximum atomic E-state index is 14.1. The SMILES string of the molecule is CCc1ccc(-c2c(C(F)(F)F)nn(-c3ccc(CC)cc3)c2-c2ccccc2)cc1. The largest absolute Gasteiger partial charge is 0.435 e. The Hall–Kier alpha value is -3.34. The third kappa shape index (κ3) is 4.13. The number of nitrogens with zero attached hydrogens (tertiary/aromatic N) is 2. The zero-order chi connectivity index (χ0) is 22.0. The second kappa shape index (κ2) is 8.42. The van der Waals surface area contributed by atoms with Crippen molar-refractivity contribution in [1.29, 1.82) is 0 Å². The molecule has 31 heavy (non-hydrogen) atoms. The molecule has 0 amide bonds. The zero-order valence-electron chi connectivity index (χ0n) is 17.4. The van der Waals surface area contributed by atoms with E-state index in [2.05, 4.69) is 5.10 Å². The number of halogens is 3. The predicted molar refractivity (Wildman–Crippen MR) is 118 cm³/mol. The third-order valence-corrected chi connectivity index (χ3v) is 5.44. The molecule has 0 atom stereocenters. The van der Waals surface area contributed by atoms with Gasteiger partial charge < -0.3 is 0 Å². The van der Waals surface area contributed by atoms with Gasteiger partial charge in [-0.15, -0.1) is 0 Å². The summed E-state index contributed by atoms with van der Waals surface area (Å²) >= 11 is 0. The van der Waals surface area contributed by atoms with Crippen molar-refractivity contribution in [3.05, 3.63) is 95.7 Å². The van der Waals surface area contributed by atoms with E-state index in [1.807, 2.05) is 80.6 Å². The molecule has 3 aromatic carbocycles. The fourth-order valence-electron chi connectivity index (χ4n) is 3.72. The lowest BCUT2D eigenvalue weighted by molar-refractivity contribution is -0.140. The van der Waals surface area contributed by atoms with E-state index in [0.29, 0.717) is 22.5 Å². The van der Waals surface area contributed by atoms with Crippen molar-refractivity contribution in [2.75, 3.05) is 0 Å². The Bertz CT molecular complexity index is 1160. The number of aryl methyl sites for hydroxylation is 2. The monoisotopic (exact) mass is 420 g/mol. The molecule has 2 nitrogen and oxygen atoms in total. The van der Waals surface area contributed by atoms with Crippen LogP contribution in [0.4, 0.5) is 13.2 Å². The van der Waals surface area contributed by atoms with Crippen molar-refractivity contribution < 1.29 is 13.2 Å². The van der Waals surface area contributed by atoms with Crippen LogP contribution in [-0.4, -0.2) is 9.78 Å². The Balaban J connectivity index is 2.04. The highest BCUT2D eigenvalue weighted by Crippen LogP contribution is 2.43. The lowest BCUT2D eigenvalue weighted by Gasteiger charge is -2.12. The first-order valence-corrected chi connectivity index (χ1v) is 10.4. The Morgan fingerprint density at radius 1 is 0.710 bits per heavy atom. The number of rotatable bonds is 5. The zero-order valence-corrected chi connectivity index (χ0v) is 17.4. The van der Waals surface area contributed by atoms with Gasteiger partial charge in [-0.2, -0.15) is 18.3 Å². The van der Waals surface area contributed by atoms with Crippen molar-refractivity contribution in [3.63, 3.8) is 0 Å². The first kappa shape index (κ1) is 20.9. The van der Waals surface area contributed by atoms with Gasteiger partial charge in [0.1, 0.15) is 0 Å². The van der Waals surface area contributed by atoms with Gasteiger partial charge in [0.05, 0.1) is 11.4 Å². The van der Waals surface area contributed by atoms with Crippen LogP contribution >= 0.6 is 0 Å². The molecule has 158 valence electrons. The summed E-state index contributed by atoms with van der Waals surface area (Å²) in [5.74, 6) is 0. The van der Waals surface area contributed by atoms with Crippen LogP contribution in [0.5, 0.6) is 0 Å². The highest BCUT2D eigenvalue weighted by atomic mass is 19.4. The fraction of sp³-hybridized carbons (Fsp3) is 0.192. The van der Waals surface area contributed by atoms with Crippen LogP contribution in [0.25, 0.3) is 28.1 Å². The van der Waals surface area contributed by atoms with Gasteiger partial charge in [0.15, 0.2) is 5.69 Å². The Labute approximate surface area is 180 Å². The average Bonchev–Trinajstić information content (AvgIpc) is 3.21. The molecule has 0 N–H and O–H groups in total. The summed E-state index contributed by atoms with van der Waals surface area (Å²) in [5, 5.41) is 4.09. The van der Waals surface area contributed by atoms with Crippen molar-refractivity contribution in [2.24, 2.45) is 0 Å². The van der Waals surface area contributed by atoms with E-state index in [1.54, 1.807) is 12.1 Å². The number of hydrogen-bond donors (Lipinski definition) is 0. The quantitative estimate of drug-likeness (QED) is 0.330. The molecular weight excluding hydrogens is 397 g/mol. The van der Waals surface area contributed by atoms with Gasteiger partial charge in [0.2, 0.25) is 0 Å². The molecule has 0 saturated heterocycles. The lowest BCUT2D eigenvalue weighted by Crippen LogP contribution is -2.08. The first-order chi connectivity index (χ1) is 14.9. The van der Waals surface area contributed by atoms with Crippen LogP contribution < -0.4 is 0 Å². The van der Waals surface area contributed by atoms with Crippen LogP contribution in [0.2, 0.25) is 0 Å². The maximum absolute atomic E-state index is 14.1. The van der Waals surface area contributed by atoms with E-state index in [-0.39, 0.29) is 5.56 Å². The minimum atomic E-state index is -4.59. The summed E-state index contributed by atoms with van der Waals surface area (Å²) in [6.45, 7) is 4.06. The molecule has 0 aliphatic carbocycles. The highest BCUT2D eigenvalue weighted by Gasteiger charge is 2.40. The summed E-state index contributed by atoms with van der Waals surface area (Å²) < 4.78 is 43.9. The maximum Gasteiger partial charge on any atom is 0.435 e. The second-order valence-electron chi connectivity index (χ2n) is 7.42. The lowest BCUT2D eigenvalue weighted by atomic mass is 9.97. The number of alkyl halides is 3. The smallest absolute Gasteiger partial charge is 0.232 e. The third-order valence-electron chi connectivity index (χ3n) is 5.44. The number of aromatic nitrogens is 2. The van der Waals surface area contributed by atoms with E-state index >= 15 is 0 Å². The molecule has 0 spiro atoms. The standard InChI is InChI=1S/C26H23F3N2/c1-3-18-10-14-20(15-11-18)23-24(21-8-6-5-7-9-21)31(30-25(23)26(27,28)29)22-16-12-19(4-2)13-17-22/h5-17H,3-4H2,1-2H3. The molecule has 5 heteroatoms. The predicted octanol–water partition coefficient (Wildman–Crippen LogP) is 7.35. The van der Waals surface area contributed by atoms with E-state index in [4.69, 9.17) is 0 Å². The van der Waals surface area contributed by atoms with Crippen LogP contribution in [0, 0.1) is 0 Å². The fourth-order valence-corrected chi connectivity index (χ4v) is 3.72. The molecule has 1 heterocycles. The van der Waals surface area contributed by atoms with E-state index in [0.717, 1.165) is 24.0 Å². The summed E-state index contributed by atoms with van der Waals surface area (Å²) in [4.78, 5) is 0. The Morgan fingerprint density at radius 3 is 1.77 bits per heavy atom. The molecule has 0 aliphatic rings. The molecule has 0 bridgehead atoms. The van der Waals surface area contributed by atoms with E-state index in [1.165, 1.54) is 4.68 Å². The summed E-state index contributed by atoms with van der Waals surface area (Å²) in [6.07, 6.45) is -2.91. The van der Waals surface area contributed by atoms with Crippen LogP contribution in [0.3, 0.4) is 0 Å². The molecule has 4 rings (SSSR count). The molecular formula is C26H23F3N2. The Morgan fingerprint density at radius 2 is 1.26 bits per heavy atom. The minimum absolute atomic E-state index is 0.0981. The highest BCUT2D eigenvalue weighted by molar-refractivity contribution is 5.84. The normalized spacial score (nSPS) is 11.6. The first-order valence-electron chi connectivity index (χ1n) is 10.4. The number of hydrogen-bond acceptors (Lipinski definition) is 1. The van der Waals surface area contributed by atoms with Gasteiger partial charge in [-0.3, -0.25) is 0 Å². The van der Waals surface area contributed by atoms with Gasteiger partial charge >= 0.3 is 6.18 Å². The molecule has 0 radical (unpaired) electrons. The Kier molecular flexibility index (Phi) is 5.68. The van der Waals surface area contributed by atoms with Gasteiger partial charge in [-0.05, 0) is 41.7 Å². The van der Waals surface area contributed by atoms with E-state index < -0.39 is 11.9 Å². The summed E-state index contributed by atoms with van der Waals surface area (Å²) in [5.41, 5.74) is 3.61. The molecule has 0 unspecified atom stereocenters. The van der Waals surface area contributed by atoms with Crippen molar-refractivity contribution in [1.82, 2.24) is 9.78 Å². The van der Waals surface area contributed by atoms with Gasteiger partial charge in [-0.1, -0.05) is 80.6 Å². The molecule has 1 aromatic heterocycles. The topological polar surface area (TPSA) is 17.8 Å². The average molecular weight is 420 g/mol. The molecule has 0 saturated carbocycles. The van der Waals surface area contributed by atoms with E-state index in [9.17, 15) is 13.2 Å². The van der Waals surface area contributed by atoms with Crippen LogP contribution in [0.1, 0.15) is 30.7 Å². The molecule has 4 aromatic rings. The second-order valence-corrected chi connectivity index (χ2v) is 7.42. The summed E-state index contributed by atoms with van der Waals surface area (Å²) in [7, 11) is 0. The van der Waals surface area contributed by atoms with Gasteiger partial charge in [-0.25, -0.2) is 4.68 Å². The van der Waals surface area contributed by atoms with Crippen molar-refractivity contribution in [3.8, 4) is 28.1 Å². The van der Waals surface area contributed by atoms with Gasteiger partial charge in [0, 0.05) is 11.1 Å². The van der Waals surface area contributed by atoms with Gasteiger partial charge in [0.25, 0.3) is 0 Å². The molecule has 0 fully saturated rings. The van der Waals surface area contributed by atoms with Crippen LogP contribution in [-0.2, 0) is 19.0 Å². The molecule has 0 aliphatic heterocycles. The summed E-state index contributed by atoms with van der Waals surface area (Å²) in [6, 6.07) is 23.9. The minimum Gasteiger partial charge on any atom is -0.232 e.